The van der Waals surface area contributed by atoms with Crippen LogP contribution in [0.15, 0.2) is 23.8 Å². The number of rotatable bonds is 5. The predicted molar refractivity (Wildman–Crippen MR) is 91.3 cm³/mol. The van der Waals surface area contributed by atoms with Crippen molar-refractivity contribution in [1.82, 2.24) is 15.3 Å². The van der Waals surface area contributed by atoms with Crippen molar-refractivity contribution in [3.63, 3.8) is 0 Å². The van der Waals surface area contributed by atoms with E-state index in [-0.39, 0.29) is 6.04 Å². The molecule has 0 radical (unpaired) electrons. The van der Waals surface area contributed by atoms with Gasteiger partial charge in [-0.2, -0.15) is 0 Å². The van der Waals surface area contributed by atoms with Gasteiger partial charge in [-0.05, 0) is 50.7 Å². The average molecular weight is 317 g/mol. The molecule has 110 valence electrons. The molecule has 5 heteroatoms. The second-order valence-corrected chi connectivity index (χ2v) is 7.70. The maximum atomic E-state index is 4.25. The zero-order valence-electron chi connectivity index (χ0n) is 12.5. The Kier molecular flexibility index (Phi) is 4.33. The number of nitrogens with one attached hydrogen (secondary N) is 1. The third kappa shape index (κ3) is 3.31. The molecular weight excluding hydrogens is 298 g/mol. The molecule has 0 spiro atoms. The zero-order chi connectivity index (χ0) is 14.8. The van der Waals surface area contributed by atoms with Crippen LogP contribution in [-0.4, -0.2) is 16.5 Å². The van der Waals surface area contributed by atoms with Gasteiger partial charge in [0.25, 0.3) is 0 Å². The van der Waals surface area contributed by atoms with Gasteiger partial charge in [0.1, 0.15) is 5.82 Å². The fourth-order valence-corrected chi connectivity index (χ4v) is 4.66. The number of nitrogens with zero attached hydrogens (tertiary/aromatic N) is 2. The highest BCUT2D eigenvalue weighted by atomic mass is 32.2. The highest BCUT2D eigenvalue weighted by Gasteiger charge is 2.09. The summed E-state index contributed by atoms with van der Waals surface area (Å²) in [6.07, 6.45) is 4.88. The van der Waals surface area contributed by atoms with Crippen molar-refractivity contribution in [1.29, 1.82) is 0 Å². The summed E-state index contributed by atoms with van der Waals surface area (Å²) < 4.78 is 1.45. The summed E-state index contributed by atoms with van der Waals surface area (Å²) in [6, 6.07) is 2.59. The Morgan fingerprint density at radius 3 is 2.76 bits per heavy atom. The van der Waals surface area contributed by atoms with Crippen LogP contribution < -0.4 is 5.32 Å². The number of hydrogen-bond donors (Lipinski definition) is 1. The lowest BCUT2D eigenvalue weighted by molar-refractivity contribution is 0.573. The minimum atomic E-state index is 0.281. The van der Waals surface area contributed by atoms with Gasteiger partial charge in [0.2, 0.25) is 0 Å². The molecule has 0 aliphatic rings. The van der Waals surface area contributed by atoms with E-state index in [4.69, 9.17) is 0 Å². The van der Waals surface area contributed by atoms with Crippen LogP contribution in [0.3, 0.4) is 0 Å². The number of fused-ring (bicyclic) bond motifs is 1. The van der Waals surface area contributed by atoms with E-state index in [9.17, 15) is 0 Å². The molecular formula is C16H19N3S2. The molecule has 1 unspecified atom stereocenters. The Labute approximate surface area is 133 Å². The molecule has 3 rings (SSSR count). The Hall–Kier alpha value is -1.30. The molecule has 1 atom stereocenters. The minimum Gasteiger partial charge on any atom is -0.310 e. The van der Waals surface area contributed by atoms with Crippen LogP contribution in [-0.2, 0) is 6.42 Å². The molecule has 0 aliphatic heterocycles. The van der Waals surface area contributed by atoms with Crippen molar-refractivity contribution in [3.05, 3.63) is 45.7 Å². The van der Waals surface area contributed by atoms with E-state index in [0.29, 0.717) is 0 Å². The van der Waals surface area contributed by atoms with Gasteiger partial charge in [-0.25, -0.2) is 9.97 Å². The molecule has 3 heterocycles. The Balaban J connectivity index is 1.59. The summed E-state index contributed by atoms with van der Waals surface area (Å²) in [7, 11) is 0. The average Bonchev–Trinajstić information content (AvgIpc) is 2.99. The molecule has 0 saturated carbocycles. The minimum absolute atomic E-state index is 0.281. The van der Waals surface area contributed by atoms with Crippen LogP contribution in [0.4, 0.5) is 0 Å². The predicted octanol–water partition coefficient (Wildman–Crippen LogP) is 4.26. The van der Waals surface area contributed by atoms with Gasteiger partial charge in [-0.15, -0.1) is 22.7 Å². The zero-order valence-corrected chi connectivity index (χ0v) is 14.1. The van der Waals surface area contributed by atoms with E-state index < -0.39 is 0 Å². The van der Waals surface area contributed by atoms with E-state index in [0.717, 1.165) is 24.4 Å². The molecule has 1 N–H and O–H groups in total. The number of aryl methyl sites for hydroxylation is 2. The van der Waals surface area contributed by atoms with Crippen molar-refractivity contribution < 1.29 is 0 Å². The SMILES string of the molecule is Cc1ncc(C(C)NCCc2csc3sc(C)cc23)cn1. The lowest BCUT2D eigenvalue weighted by Gasteiger charge is -2.13. The van der Waals surface area contributed by atoms with Gasteiger partial charge in [-0.3, -0.25) is 0 Å². The van der Waals surface area contributed by atoms with Crippen LogP contribution in [0.5, 0.6) is 0 Å². The third-order valence-electron chi connectivity index (χ3n) is 3.62. The molecule has 0 bridgehead atoms. The highest BCUT2D eigenvalue weighted by Crippen LogP contribution is 2.33. The molecule has 0 fully saturated rings. The first kappa shape index (κ1) is 14.6. The van der Waals surface area contributed by atoms with Crippen LogP contribution in [0.1, 0.15) is 34.8 Å². The summed E-state index contributed by atoms with van der Waals surface area (Å²) in [5.74, 6) is 0.819. The third-order valence-corrected chi connectivity index (χ3v) is 5.84. The fraction of sp³-hybridized carbons (Fsp3) is 0.375. The van der Waals surface area contributed by atoms with E-state index in [1.807, 2.05) is 42.0 Å². The molecule has 0 saturated heterocycles. The number of thiophene rings is 2. The summed E-state index contributed by atoms with van der Waals surface area (Å²) in [5.41, 5.74) is 2.60. The van der Waals surface area contributed by atoms with Crippen LogP contribution in [0.2, 0.25) is 0 Å². The van der Waals surface area contributed by atoms with Gasteiger partial charge in [0.15, 0.2) is 0 Å². The monoisotopic (exact) mass is 317 g/mol. The first-order chi connectivity index (χ1) is 10.1. The molecule has 0 aliphatic carbocycles. The Bertz CT molecular complexity index is 728. The Morgan fingerprint density at radius 1 is 1.24 bits per heavy atom. The van der Waals surface area contributed by atoms with Crippen molar-refractivity contribution in [2.45, 2.75) is 33.2 Å². The summed E-state index contributed by atoms with van der Waals surface area (Å²) in [6.45, 7) is 7.22. The van der Waals surface area contributed by atoms with Crippen molar-refractivity contribution in [2.24, 2.45) is 0 Å². The number of aromatic nitrogens is 2. The Morgan fingerprint density at radius 2 is 2.00 bits per heavy atom. The van der Waals surface area contributed by atoms with Crippen molar-refractivity contribution in [3.8, 4) is 0 Å². The van der Waals surface area contributed by atoms with E-state index in [1.54, 1.807) is 0 Å². The van der Waals surface area contributed by atoms with Gasteiger partial charge in [0.05, 0.1) is 4.01 Å². The van der Waals surface area contributed by atoms with E-state index in [2.05, 4.69) is 40.6 Å². The maximum absolute atomic E-state index is 4.25. The highest BCUT2D eigenvalue weighted by molar-refractivity contribution is 7.37. The van der Waals surface area contributed by atoms with E-state index in [1.165, 1.54) is 19.8 Å². The summed E-state index contributed by atoms with van der Waals surface area (Å²) in [5, 5.41) is 7.29. The lowest BCUT2D eigenvalue weighted by Crippen LogP contribution is -2.21. The molecule has 3 aromatic rings. The number of hydrogen-bond acceptors (Lipinski definition) is 5. The van der Waals surface area contributed by atoms with Crippen molar-refractivity contribution >= 4 is 32.1 Å². The van der Waals surface area contributed by atoms with E-state index >= 15 is 0 Å². The molecule has 0 aromatic carbocycles. The first-order valence-corrected chi connectivity index (χ1v) is 8.81. The summed E-state index contributed by atoms with van der Waals surface area (Å²) >= 11 is 3.75. The van der Waals surface area contributed by atoms with Gasteiger partial charge in [0, 0.05) is 34.3 Å². The molecule has 21 heavy (non-hydrogen) atoms. The van der Waals surface area contributed by atoms with Gasteiger partial charge in [-0.1, -0.05) is 0 Å². The smallest absolute Gasteiger partial charge is 0.125 e. The molecule has 0 amide bonds. The lowest BCUT2D eigenvalue weighted by atomic mass is 10.1. The second-order valence-electron chi connectivity index (χ2n) is 5.31. The fourth-order valence-electron chi connectivity index (χ4n) is 2.35. The second kappa shape index (κ2) is 6.22. The normalized spacial score (nSPS) is 12.9. The topological polar surface area (TPSA) is 37.8 Å². The maximum Gasteiger partial charge on any atom is 0.125 e. The van der Waals surface area contributed by atoms with Gasteiger partial charge >= 0.3 is 0 Å². The largest absolute Gasteiger partial charge is 0.310 e. The van der Waals surface area contributed by atoms with Crippen LogP contribution in [0.25, 0.3) is 9.40 Å². The molecule has 3 nitrogen and oxygen atoms in total. The molecule has 3 aromatic heterocycles. The standard InChI is InChI=1S/C16H19N3S2/c1-10-6-15-13(9-20-16(15)21-10)4-5-17-11(2)14-7-18-12(3)19-8-14/h6-9,11,17H,4-5H2,1-3H3. The van der Waals surface area contributed by atoms with Crippen molar-refractivity contribution in [2.75, 3.05) is 6.54 Å². The summed E-state index contributed by atoms with van der Waals surface area (Å²) in [4.78, 5) is 9.91. The van der Waals surface area contributed by atoms with Crippen LogP contribution in [0, 0.1) is 13.8 Å². The first-order valence-electron chi connectivity index (χ1n) is 7.12. The van der Waals surface area contributed by atoms with Gasteiger partial charge < -0.3 is 5.32 Å². The van der Waals surface area contributed by atoms with Crippen LogP contribution >= 0.6 is 22.7 Å². The quantitative estimate of drug-likeness (QED) is 0.764.